The van der Waals surface area contributed by atoms with E-state index >= 15 is 0 Å². The normalized spacial score (nSPS) is 25.8. The van der Waals surface area contributed by atoms with Gasteiger partial charge < -0.3 is 19.3 Å². The number of aliphatic hydroxyl groups excluding tert-OH is 1. The van der Waals surface area contributed by atoms with Gasteiger partial charge in [0.25, 0.3) is 0 Å². The summed E-state index contributed by atoms with van der Waals surface area (Å²) < 4.78 is 30.4. The van der Waals surface area contributed by atoms with Gasteiger partial charge in [-0.3, -0.25) is 9.80 Å². The van der Waals surface area contributed by atoms with Gasteiger partial charge in [-0.15, -0.1) is 0 Å². The Morgan fingerprint density at radius 3 is 2.79 bits per heavy atom. The molecule has 2 saturated heterocycles. The van der Waals surface area contributed by atoms with Crippen molar-refractivity contribution in [2.75, 3.05) is 46.0 Å². The third kappa shape index (κ3) is 4.17. The number of amides is 1. The monoisotopic (exact) mass is 394 g/mol. The highest BCUT2D eigenvalue weighted by atomic mass is 19.1. The van der Waals surface area contributed by atoms with Gasteiger partial charge >= 0.3 is 6.09 Å². The van der Waals surface area contributed by atoms with Crippen LogP contribution in [0.1, 0.15) is 19.3 Å². The Morgan fingerprint density at radius 2 is 2.00 bits per heavy atom. The molecule has 154 valence electrons. The summed E-state index contributed by atoms with van der Waals surface area (Å²) in [5.74, 6) is 0.842. The Kier molecular flexibility index (Phi) is 5.87. The number of hydrogen-bond donors (Lipinski definition) is 1. The molecule has 1 amide bonds. The van der Waals surface area contributed by atoms with E-state index in [4.69, 9.17) is 14.2 Å². The second-order valence-electron chi connectivity index (χ2n) is 7.76. The van der Waals surface area contributed by atoms with Crippen LogP contribution < -0.4 is 9.47 Å². The van der Waals surface area contributed by atoms with Crippen LogP contribution in [0.5, 0.6) is 11.5 Å². The van der Waals surface area contributed by atoms with Crippen molar-refractivity contribution in [1.29, 1.82) is 0 Å². The fourth-order valence-electron chi connectivity index (χ4n) is 4.17. The van der Waals surface area contributed by atoms with Gasteiger partial charge in [0.1, 0.15) is 19.3 Å². The van der Waals surface area contributed by atoms with Gasteiger partial charge in [0.2, 0.25) is 0 Å². The van der Waals surface area contributed by atoms with Gasteiger partial charge in [-0.25, -0.2) is 9.18 Å². The molecule has 2 unspecified atom stereocenters. The maximum atomic E-state index is 13.9. The first-order valence-electron chi connectivity index (χ1n) is 9.98. The molecule has 3 aliphatic rings. The molecule has 28 heavy (non-hydrogen) atoms. The molecule has 7 nitrogen and oxygen atoms in total. The lowest BCUT2D eigenvalue weighted by molar-refractivity contribution is 0.0430. The van der Waals surface area contributed by atoms with E-state index in [9.17, 15) is 14.3 Å². The van der Waals surface area contributed by atoms with E-state index in [2.05, 4.69) is 4.90 Å². The molecular weight excluding hydrogens is 367 g/mol. The van der Waals surface area contributed by atoms with E-state index in [0.29, 0.717) is 31.4 Å². The molecule has 1 N–H and O–H groups in total. The smallest absolute Gasteiger partial charge is 0.410 e. The van der Waals surface area contributed by atoms with Crippen molar-refractivity contribution >= 4 is 6.09 Å². The Bertz CT molecular complexity index is 695. The van der Waals surface area contributed by atoms with Crippen molar-refractivity contribution in [1.82, 2.24) is 9.80 Å². The zero-order valence-electron chi connectivity index (χ0n) is 15.9. The highest BCUT2D eigenvalue weighted by Gasteiger charge is 2.33. The summed E-state index contributed by atoms with van der Waals surface area (Å²) >= 11 is 0. The molecule has 0 bridgehead atoms. The number of fused-ring (bicyclic) bond motifs is 1. The highest BCUT2D eigenvalue weighted by Crippen LogP contribution is 2.34. The standard InChI is InChI=1S/C20H27FN2O5/c21-17-2-1-3-18-19(17)28-16(13-26-18)10-22-7-4-14(5-8-22)6-9-23-15(11-24)12-27-20(23)25/h1-3,14-16,24H,4-13H2. The number of piperidine rings is 1. The maximum Gasteiger partial charge on any atom is 0.410 e. The van der Waals surface area contributed by atoms with Crippen LogP contribution in [-0.4, -0.2) is 79.1 Å². The fraction of sp³-hybridized carbons (Fsp3) is 0.650. The third-order valence-corrected chi connectivity index (χ3v) is 5.87. The highest BCUT2D eigenvalue weighted by molar-refractivity contribution is 5.70. The van der Waals surface area contributed by atoms with E-state index < -0.39 is 0 Å². The molecular formula is C20H27FN2O5. The topological polar surface area (TPSA) is 71.5 Å². The Balaban J connectivity index is 1.21. The molecule has 1 aromatic carbocycles. The minimum absolute atomic E-state index is 0.0582. The summed E-state index contributed by atoms with van der Waals surface area (Å²) in [4.78, 5) is 15.7. The van der Waals surface area contributed by atoms with E-state index in [-0.39, 0.29) is 43.0 Å². The number of cyclic esters (lactones) is 1. The molecule has 2 fully saturated rings. The number of carbonyl (C=O) groups is 1. The number of para-hydroxylation sites is 1. The Labute approximate surface area is 164 Å². The second kappa shape index (κ2) is 8.53. The van der Waals surface area contributed by atoms with Gasteiger partial charge in [-0.2, -0.15) is 0 Å². The molecule has 0 saturated carbocycles. The summed E-state index contributed by atoms with van der Waals surface area (Å²) in [5, 5.41) is 9.33. The van der Waals surface area contributed by atoms with Crippen LogP contribution in [0.3, 0.4) is 0 Å². The van der Waals surface area contributed by atoms with Gasteiger partial charge in [-0.1, -0.05) is 6.07 Å². The van der Waals surface area contributed by atoms with Crippen LogP contribution in [0.25, 0.3) is 0 Å². The van der Waals surface area contributed by atoms with Crippen molar-refractivity contribution < 1.29 is 28.5 Å². The lowest BCUT2D eigenvalue weighted by atomic mass is 9.93. The number of ether oxygens (including phenoxy) is 3. The number of carbonyl (C=O) groups excluding carboxylic acids is 1. The molecule has 8 heteroatoms. The second-order valence-corrected chi connectivity index (χ2v) is 7.76. The number of rotatable bonds is 6. The van der Waals surface area contributed by atoms with Gasteiger partial charge in [-0.05, 0) is 50.4 Å². The largest absolute Gasteiger partial charge is 0.486 e. The van der Waals surface area contributed by atoms with Crippen molar-refractivity contribution in [2.45, 2.75) is 31.4 Å². The van der Waals surface area contributed by atoms with Crippen LogP contribution in [0.4, 0.5) is 9.18 Å². The van der Waals surface area contributed by atoms with Crippen molar-refractivity contribution in [2.24, 2.45) is 5.92 Å². The molecule has 0 aliphatic carbocycles. The number of likely N-dealkylation sites (tertiary alicyclic amines) is 1. The van der Waals surface area contributed by atoms with Gasteiger partial charge in [0.15, 0.2) is 17.3 Å². The zero-order chi connectivity index (χ0) is 19.5. The molecule has 0 aromatic heterocycles. The summed E-state index contributed by atoms with van der Waals surface area (Å²) in [5.41, 5.74) is 0. The number of aliphatic hydroxyl groups is 1. The molecule has 1 aromatic rings. The van der Waals surface area contributed by atoms with E-state index in [0.717, 1.165) is 32.4 Å². The Hall–Kier alpha value is -2.06. The fourth-order valence-corrected chi connectivity index (χ4v) is 4.17. The summed E-state index contributed by atoms with van der Waals surface area (Å²) in [6.45, 7) is 3.88. The van der Waals surface area contributed by atoms with Crippen molar-refractivity contribution in [3.63, 3.8) is 0 Å². The first-order valence-corrected chi connectivity index (χ1v) is 9.98. The third-order valence-electron chi connectivity index (χ3n) is 5.87. The molecule has 0 radical (unpaired) electrons. The molecule has 0 spiro atoms. The number of hydrogen-bond acceptors (Lipinski definition) is 6. The maximum absolute atomic E-state index is 13.9. The summed E-state index contributed by atoms with van der Waals surface area (Å²) in [6, 6.07) is 4.51. The first kappa shape index (κ1) is 19.3. The SMILES string of the molecule is O=C1OCC(CO)N1CCC1CCN(CC2COc3cccc(F)c3O2)CC1. The lowest BCUT2D eigenvalue weighted by Gasteiger charge is -2.36. The van der Waals surface area contributed by atoms with Crippen molar-refractivity contribution in [3.8, 4) is 11.5 Å². The van der Waals surface area contributed by atoms with Gasteiger partial charge in [0.05, 0.1) is 12.6 Å². The average Bonchev–Trinajstić information content (AvgIpc) is 3.08. The molecule has 2 atom stereocenters. The lowest BCUT2D eigenvalue weighted by Crippen LogP contribution is -2.44. The molecule has 3 aliphatic heterocycles. The summed E-state index contributed by atoms with van der Waals surface area (Å²) in [7, 11) is 0. The predicted octanol–water partition coefficient (Wildman–Crippen LogP) is 1.88. The van der Waals surface area contributed by atoms with Gasteiger partial charge in [0, 0.05) is 13.1 Å². The van der Waals surface area contributed by atoms with Crippen molar-refractivity contribution in [3.05, 3.63) is 24.0 Å². The number of benzene rings is 1. The molecule has 3 heterocycles. The molecule has 4 rings (SSSR count). The van der Waals surface area contributed by atoms with Crippen LogP contribution in [0, 0.1) is 11.7 Å². The first-order chi connectivity index (χ1) is 13.6. The van der Waals surface area contributed by atoms with Crippen LogP contribution in [0.2, 0.25) is 0 Å². The van der Waals surface area contributed by atoms with Crippen LogP contribution in [-0.2, 0) is 4.74 Å². The Morgan fingerprint density at radius 1 is 1.18 bits per heavy atom. The van der Waals surface area contributed by atoms with E-state index in [1.54, 1.807) is 17.0 Å². The number of halogens is 1. The van der Waals surface area contributed by atoms with E-state index in [1.807, 2.05) is 0 Å². The zero-order valence-corrected chi connectivity index (χ0v) is 15.9. The quantitative estimate of drug-likeness (QED) is 0.795. The average molecular weight is 394 g/mol. The minimum atomic E-state index is -0.387. The predicted molar refractivity (Wildman–Crippen MR) is 99.0 cm³/mol. The van der Waals surface area contributed by atoms with E-state index in [1.165, 1.54) is 6.07 Å². The van der Waals surface area contributed by atoms with Crippen LogP contribution >= 0.6 is 0 Å². The minimum Gasteiger partial charge on any atom is -0.486 e. The van der Waals surface area contributed by atoms with Crippen LogP contribution in [0.15, 0.2) is 18.2 Å². The summed E-state index contributed by atoms with van der Waals surface area (Å²) in [6.07, 6.45) is 2.52. The number of nitrogens with zero attached hydrogens (tertiary/aromatic N) is 2.